The zero-order valence-corrected chi connectivity index (χ0v) is 23.2. The van der Waals surface area contributed by atoms with Crippen LogP contribution in [-0.2, 0) is 17.8 Å². The highest BCUT2D eigenvalue weighted by atomic mass is 16.5. The van der Waals surface area contributed by atoms with Gasteiger partial charge in [0.15, 0.2) is 5.76 Å². The minimum atomic E-state index is -0.0708. The maximum atomic E-state index is 6.35. The van der Waals surface area contributed by atoms with Crippen molar-refractivity contribution in [3.05, 3.63) is 151 Å². The summed E-state index contributed by atoms with van der Waals surface area (Å²) in [7, 11) is 0. The molecule has 0 N–H and O–H groups in total. The zero-order valence-electron chi connectivity index (χ0n) is 23.2. The Morgan fingerprint density at radius 2 is 1.73 bits per heavy atom. The van der Waals surface area contributed by atoms with Crippen molar-refractivity contribution < 1.29 is 4.74 Å². The number of hydrogen-bond donors (Lipinski definition) is 0. The monoisotopic (exact) mass is 531 g/mol. The Bertz CT molecular complexity index is 2120. The summed E-state index contributed by atoms with van der Waals surface area (Å²) >= 11 is 0. The van der Waals surface area contributed by atoms with Gasteiger partial charge in [0, 0.05) is 16.7 Å². The molecule has 3 heteroatoms. The molecule has 1 radical (unpaired) electrons. The van der Waals surface area contributed by atoms with Crippen LogP contribution in [0.25, 0.3) is 17.2 Å². The summed E-state index contributed by atoms with van der Waals surface area (Å²) < 4.78 is 6.35. The van der Waals surface area contributed by atoms with E-state index in [-0.39, 0.29) is 6.04 Å². The normalized spacial score (nSPS) is 19.8. The van der Waals surface area contributed by atoms with E-state index in [4.69, 9.17) is 14.7 Å². The molecule has 2 aliphatic carbocycles. The number of aliphatic imine (C=N–C) groups is 1. The Morgan fingerprint density at radius 3 is 2.63 bits per heavy atom. The molecule has 0 fully saturated rings. The molecule has 8 rings (SSSR count). The van der Waals surface area contributed by atoms with Gasteiger partial charge in [-0.3, -0.25) is 4.99 Å². The Balaban J connectivity index is 1.32. The fourth-order valence-corrected chi connectivity index (χ4v) is 7.18. The predicted octanol–water partition coefficient (Wildman–Crippen LogP) is 4.91. The van der Waals surface area contributed by atoms with Crippen LogP contribution in [0.4, 0.5) is 0 Å². The molecule has 4 aromatic carbocycles. The van der Waals surface area contributed by atoms with Gasteiger partial charge in [-0.1, -0.05) is 91.9 Å². The maximum absolute atomic E-state index is 6.35. The van der Waals surface area contributed by atoms with E-state index < -0.39 is 0 Å². The van der Waals surface area contributed by atoms with Crippen molar-refractivity contribution >= 4 is 23.4 Å². The highest BCUT2D eigenvalue weighted by molar-refractivity contribution is 5.93. The van der Waals surface area contributed by atoms with E-state index in [2.05, 4.69) is 73.7 Å². The molecule has 0 aromatic heterocycles. The van der Waals surface area contributed by atoms with Crippen molar-refractivity contribution in [3.8, 4) is 0 Å². The van der Waals surface area contributed by atoms with E-state index in [0.29, 0.717) is 12.5 Å². The molecular formula is C38H31N2O. The number of nitrogens with zero attached hydrogens (tertiary/aromatic N) is 2. The molecular weight excluding hydrogens is 500 g/mol. The number of dihydropyridines is 1. The topological polar surface area (TPSA) is 34.0 Å². The quantitative estimate of drug-likeness (QED) is 0.360. The molecule has 3 nitrogen and oxygen atoms in total. The number of fused-ring (bicyclic) bond motifs is 6. The SMILES string of the molecule is CCC1C=c2ccccc2=c2ccc3c(c21)CCCC=3C1N=CC(OCc2ccccc2)=C2N=c3c[c]ccc3=C21. The van der Waals surface area contributed by atoms with Crippen molar-refractivity contribution in [3.63, 3.8) is 0 Å². The average Bonchev–Trinajstić information content (AvgIpc) is 3.43. The fourth-order valence-electron chi connectivity index (χ4n) is 7.18. The molecule has 4 aliphatic rings. The van der Waals surface area contributed by atoms with E-state index in [1.165, 1.54) is 43.1 Å². The smallest absolute Gasteiger partial charge is 0.163 e. The lowest BCUT2D eigenvalue weighted by Gasteiger charge is -2.29. The molecule has 0 bridgehead atoms. The van der Waals surface area contributed by atoms with Crippen molar-refractivity contribution in [2.45, 2.75) is 51.2 Å². The number of hydrogen-bond acceptors (Lipinski definition) is 3. The second-order valence-corrected chi connectivity index (χ2v) is 11.3. The summed E-state index contributed by atoms with van der Waals surface area (Å²) in [6, 6.07) is 33.1. The first kappa shape index (κ1) is 24.3. The molecule has 4 aromatic rings. The van der Waals surface area contributed by atoms with Crippen LogP contribution in [0.5, 0.6) is 0 Å². The summed E-state index contributed by atoms with van der Waals surface area (Å²) in [6.45, 7) is 2.80. The molecule has 2 atom stereocenters. The van der Waals surface area contributed by atoms with E-state index in [1.54, 1.807) is 0 Å². The molecule has 2 heterocycles. The highest BCUT2D eigenvalue weighted by Gasteiger charge is 2.33. The van der Waals surface area contributed by atoms with Crippen molar-refractivity contribution in [2.75, 3.05) is 0 Å². The third-order valence-electron chi connectivity index (χ3n) is 9.05. The number of allylic oxidation sites excluding steroid dienone is 1. The van der Waals surface area contributed by atoms with Crippen LogP contribution in [0.15, 0.2) is 106 Å². The first-order chi connectivity index (χ1) is 20.3. The Hall–Kier alpha value is -4.50. The maximum Gasteiger partial charge on any atom is 0.163 e. The Labute approximate surface area is 239 Å². The summed E-state index contributed by atoms with van der Waals surface area (Å²) in [6.07, 6.45) is 8.80. The third-order valence-corrected chi connectivity index (χ3v) is 9.05. The summed E-state index contributed by atoms with van der Waals surface area (Å²) in [4.78, 5) is 10.3. The van der Waals surface area contributed by atoms with Gasteiger partial charge >= 0.3 is 0 Å². The molecule has 0 amide bonds. The van der Waals surface area contributed by atoms with E-state index in [9.17, 15) is 0 Å². The second kappa shape index (κ2) is 9.85. The van der Waals surface area contributed by atoms with Gasteiger partial charge < -0.3 is 4.74 Å². The molecule has 2 aliphatic heterocycles. The largest absolute Gasteiger partial charge is 0.485 e. The van der Waals surface area contributed by atoms with Crippen LogP contribution in [0.2, 0.25) is 0 Å². The minimum absolute atomic E-state index is 0.0708. The first-order valence-electron chi connectivity index (χ1n) is 14.8. The Morgan fingerprint density at radius 1 is 0.878 bits per heavy atom. The van der Waals surface area contributed by atoms with Crippen LogP contribution < -0.4 is 21.0 Å². The van der Waals surface area contributed by atoms with Crippen LogP contribution in [0, 0.1) is 16.5 Å². The van der Waals surface area contributed by atoms with Crippen LogP contribution in [0.3, 0.4) is 0 Å². The molecule has 199 valence electrons. The minimum Gasteiger partial charge on any atom is -0.485 e. The van der Waals surface area contributed by atoms with Gasteiger partial charge in [0.1, 0.15) is 12.3 Å². The third kappa shape index (κ3) is 3.94. The average molecular weight is 532 g/mol. The summed E-state index contributed by atoms with van der Waals surface area (Å²) in [5, 5.41) is 7.61. The van der Waals surface area contributed by atoms with Gasteiger partial charge in [-0.15, -0.1) is 0 Å². The van der Waals surface area contributed by atoms with Crippen LogP contribution in [-0.4, -0.2) is 12.3 Å². The van der Waals surface area contributed by atoms with Crippen LogP contribution in [0.1, 0.15) is 48.8 Å². The van der Waals surface area contributed by atoms with Gasteiger partial charge in [-0.05, 0) is 81.0 Å². The number of benzene rings is 4. The summed E-state index contributed by atoms with van der Waals surface area (Å²) in [5.74, 6) is 1.18. The van der Waals surface area contributed by atoms with E-state index in [0.717, 1.165) is 53.3 Å². The summed E-state index contributed by atoms with van der Waals surface area (Å²) in [5.41, 5.74) is 7.67. The molecule has 0 saturated heterocycles. The lowest BCUT2D eigenvalue weighted by Crippen LogP contribution is -2.32. The highest BCUT2D eigenvalue weighted by Crippen LogP contribution is 2.37. The van der Waals surface area contributed by atoms with E-state index >= 15 is 0 Å². The predicted molar refractivity (Wildman–Crippen MR) is 164 cm³/mol. The molecule has 0 saturated carbocycles. The van der Waals surface area contributed by atoms with Gasteiger partial charge in [-0.2, -0.15) is 0 Å². The van der Waals surface area contributed by atoms with E-state index in [1.807, 2.05) is 36.5 Å². The van der Waals surface area contributed by atoms with Crippen molar-refractivity contribution in [1.82, 2.24) is 0 Å². The van der Waals surface area contributed by atoms with Gasteiger partial charge in [0.2, 0.25) is 0 Å². The number of rotatable bonds is 5. The second-order valence-electron chi connectivity index (χ2n) is 11.3. The lowest BCUT2D eigenvalue weighted by atomic mass is 9.78. The molecule has 41 heavy (non-hydrogen) atoms. The van der Waals surface area contributed by atoms with Gasteiger partial charge in [0.05, 0.1) is 17.6 Å². The zero-order chi connectivity index (χ0) is 27.3. The molecule has 0 spiro atoms. The van der Waals surface area contributed by atoms with Crippen molar-refractivity contribution in [1.29, 1.82) is 0 Å². The van der Waals surface area contributed by atoms with Gasteiger partial charge in [0.25, 0.3) is 0 Å². The van der Waals surface area contributed by atoms with Crippen LogP contribution >= 0.6 is 0 Å². The lowest BCUT2D eigenvalue weighted by molar-refractivity contribution is 0.216. The van der Waals surface area contributed by atoms with Crippen molar-refractivity contribution in [2.24, 2.45) is 9.98 Å². The standard InChI is InChI=1S/C38H31N2O/c1-2-25-21-26-13-6-7-14-27(26)30-20-19-28-29(35(25)30)16-10-17-31(28)37-36-32-15-8-9-18-33(32)40-38(36)34(22-39-37)41-23-24-11-4-3-5-12-24/h3-8,11-15,18-22,25,37H,2,10,16-17,23H2,1H3. The fraction of sp³-hybridized carbons (Fsp3) is 0.211. The Kier molecular flexibility index (Phi) is 5.84. The molecule has 2 unspecified atom stereocenters. The number of ether oxygens (including phenoxy) is 1. The van der Waals surface area contributed by atoms with Gasteiger partial charge in [-0.25, -0.2) is 4.99 Å². The first-order valence-corrected chi connectivity index (χ1v) is 14.8.